The van der Waals surface area contributed by atoms with Gasteiger partial charge in [0.1, 0.15) is 6.04 Å². The van der Waals surface area contributed by atoms with Crippen molar-refractivity contribution in [2.75, 3.05) is 0 Å². The van der Waals surface area contributed by atoms with Crippen LogP contribution in [0.1, 0.15) is 31.1 Å². The summed E-state index contributed by atoms with van der Waals surface area (Å²) in [6, 6.07) is 7.90. The molecule has 0 aliphatic rings. The van der Waals surface area contributed by atoms with E-state index in [1.54, 1.807) is 39.1 Å². The highest BCUT2D eigenvalue weighted by Crippen LogP contribution is 2.21. The van der Waals surface area contributed by atoms with Gasteiger partial charge in [-0.25, -0.2) is 4.79 Å². The van der Waals surface area contributed by atoms with Crippen LogP contribution in [-0.4, -0.2) is 28.0 Å². The third-order valence-electron chi connectivity index (χ3n) is 3.28. The number of aliphatic carboxylic acids is 1. The number of pyridine rings is 1. The van der Waals surface area contributed by atoms with Crippen LogP contribution >= 0.6 is 0 Å². The normalized spacial score (nSPS) is 12.9. The molecule has 0 bridgehead atoms. The Hall–Kier alpha value is -2.43. The molecule has 5 nitrogen and oxygen atoms in total. The lowest BCUT2D eigenvalue weighted by atomic mass is 9.86. The fourth-order valence-corrected chi connectivity index (χ4v) is 2.15. The monoisotopic (exact) mass is 286 g/mol. The van der Waals surface area contributed by atoms with Crippen LogP contribution in [0.5, 0.6) is 0 Å². The van der Waals surface area contributed by atoms with E-state index in [0.717, 1.165) is 0 Å². The van der Waals surface area contributed by atoms with Gasteiger partial charge in [-0.05, 0) is 17.5 Å². The predicted molar refractivity (Wildman–Crippen MR) is 80.1 cm³/mol. The van der Waals surface area contributed by atoms with E-state index in [9.17, 15) is 14.7 Å². The lowest BCUT2D eigenvalue weighted by molar-refractivity contribution is -0.142. The molecule has 2 N–H and O–H groups in total. The van der Waals surface area contributed by atoms with E-state index in [-0.39, 0.29) is 0 Å². The number of carbonyl (C=O) groups is 2. The number of carbonyl (C=O) groups excluding carboxylic acids is 1. The van der Waals surface area contributed by atoms with Crippen molar-refractivity contribution < 1.29 is 14.7 Å². The molecule has 0 radical (unpaired) electrons. The Kier molecular flexibility index (Phi) is 3.93. The highest BCUT2D eigenvalue weighted by Gasteiger charge is 2.33. The smallest absolute Gasteiger partial charge is 0.326 e. The summed E-state index contributed by atoms with van der Waals surface area (Å²) in [7, 11) is 0. The Balaban J connectivity index is 2.37. The maximum Gasteiger partial charge on any atom is 0.326 e. The molecular weight excluding hydrogens is 268 g/mol. The van der Waals surface area contributed by atoms with Crippen LogP contribution in [0, 0.1) is 5.41 Å². The van der Waals surface area contributed by atoms with Crippen molar-refractivity contribution in [3.63, 3.8) is 0 Å². The number of hydrogen-bond acceptors (Lipinski definition) is 3. The number of para-hydroxylation sites is 1. The highest BCUT2D eigenvalue weighted by molar-refractivity contribution is 6.07. The van der Waals surface area contributed by atoms with Crippen LogP contribution in [0.25, 0.3) is 10.9 Å². The summed E-state index contributed by atoms with van der Waals surface area (Å²) in [4.78, 5) is 28.0. The molecule has 0 saturated carbocycles. The van der Waals surface area contributed by atoms with Crippen molar-refractivity contribution in [3.05, 3.63) is 42.1 Å². The molecule has 1 atom stereocenters. The van der Waals surface area contributed by atoms with Gasteiger partial charge in [-0.3, -0.25) is 9.78 Å². The first-order valence-corrected chi connectivity index (χ1v) is 6.68. The molecule has 1 amide bonds. The van der Waals surface area contributed by atoms with E-state index in [2.05, 4.69) is 10.3 Å². The van der Waals surface area contributed by atoms with Crippen molar-refractivity contribution in [2.45, 2.75) is 26.8 Å². The van der Waals surface area contributed by atoms with Crippen LogP contribution in [0.3, 0.4) is 0 Å². The van der Waals surface area contributed by atoms with Gasteiger partial charge in [0.05, 0.1) is 11.1 Å². The first kappa shape index (κ1) is 15.0. The van der Waals surface area contributed by atoms with Gasteiger partial charge in [0.2, 0.25) is 0 Å². The Morgan fingerprint density at radius 3 is 2.48 bits per heavy atom. The van der Waals surface area contributed by atoms with Crippen LogP contribution in [0.2, 0.25) is 0 Å². The number of carboxylic acid groups (broad SMARTS) is 1. The zero-order valence-electron chi connectivity index (χ0n) is 12.3. The number of aromatic nitrogens is 1. The lowest BCUT2D eigenvalue weighted by Gasteiger charge is -2.27. The maximum atomic E-state index is 12.4. The number of fused-ring (bicyclic) bond motifs is 1. The Labute approximate surface area is 123 Å². The minimum atomic E-state index is -1.05. The first-order valence-electron chi connectivity index (χ1n) is 6.68. The van der Waals surface area contributed by atoms with Crippen molar-refractivity contribution in [3.8, 4) is 0 Å². The van der Waals surface area contributed by atoms with Crippen molar-refractivity contribution >= 4 is 22.8 Å². The van der Waals surface area contributed by atoms with Gasteiger partial charge in [-0.15, -0.1) is 0 Å². The van der Waals surface area contributed by atoms with Gasteiger partial charge < -0.3 is 10.4 Å². The molecule has 110 valence electrons. The Morgan fingerprint density at radius 2 is 1.86 bits per heavy atom. The minimum absolute atomic E-state index is 0.407. The van der Waals surface area contributed by atoms with Gasteiger partial charge in [-0.2, -0.15) is 0 Å². The van der Waals surface area contributed by atoms with Crippen LogP contribution < -0.4 is 5.32 Å². The van der Waals surface area contributed by atoms with Gasteiger partial charge >= 0.3 is 5.97 Å². The number of rotatable bonds is 3. The summed E-state index contributed by atoms with van der Waals surface area (Å²) in [6.45, 7) is 5.32. The molecule has 0 spiro atoms. The van der Waals surface area contributed by atoms with E-state index in [1.165, 1.54) is 0 Å². The second kappa shape index (κ2) is 5.52. The number of amides is 1. The number of benzene rings is 1. The number of nitrogens with zero attached hydrogens (tertiary/aromatic N) is 1. The molecule has 2 aromatic rings. The summed E-state index contributed by atoms with van der Waals surface area (Å²) in [6.07, 6.45) is 1.55. The van der Waals surface area contributed by atoms with Crippen LogP contribution in [0.15, 0.2) is 36.5 Å². The summed E-state index contributed by atoms with van der Waals surface area (Å²) < 4.78 is 0. The number of carboxylic acids is 1. The summed E-state index contributed by atoms with van der Waals surface area (Å²) in [5.41, 5.74) is 0.550. The first-order chi connectivity index (χ1) is 9.80. The molecule has 0 fully saturated rings. The summed E-state index contributed by atoms with van der Waals surface area (Å²) in [5.74, 6) is -1.45. The van der Waals surface area contributed by atoms with Crippen LogP contribution in [-0.2, 0) is 4.79 Å². The van der Waals surface area contributed by atoms with Crippen molar-refractivity contribution in [2.24, 2.45) is 5.41 Å². The average molecular weight is 286 g/mol. The minimum Gasteiger partial charge on any atom is -0.480 e. The SMILES string of the molecule is CC(C)(C)C(NC(=O)c1ccnc2ccccc12)C(=O)O. The zero-order chi connectivity index (χ0) is 15.6. The Morgan fingerprint density at radius 1 is 1.19 bits per heavy atom. The summed E-state index contributed by atoms with van der Waals surface area (Å²) in [5, 5.41) is 12.6. The molecule has 0 saturated heterocycles. The van der Waals surface area contributed by atoms with Crippen molar-refractivity contribution in [1.29, 1.82) is 0 Å². The van der Waals surface area contributed by atoms with E-state index in [4.69, 9.17) is 0 Å². The van der Waals surface area contributed by atoms with E-state index in [1.807, 2.05) is 18.2 Å². The molecule has 0 aliphatic heterocycles. The molecule has 0 aliphatic carbocycles. The number of nitrogens with one attached hydrogen (secondary N) is 1. The molecule has 2 rings (SSSR count). The molecule has 5 heteroatoms. The fraction of sp³-hybridized carbons (Fsp3) is 0.312. The van der Waals surface area contributed by atoms with Crippen LogP contribution in [0.4, 0.5) is 0 Å². The zero-order valence-corrected chi connectivity index (χ0v) is 12.3. The topological polar surface area (TPSA) is 79.3 Å². The van der Waals surface area contributed by atoms with Crippen molar-refractivity contribution in [1.82, 2.24) is 10.3 Å². The Bertz CT molecular complexity index is 684. The van der Waals surface area contributed by atoms with Gasteiger partial charge in [0, 0.05) is 11.6 Å². The second-order valence-electron chi connectivity index (χ2n) is 5.99. The largest absolute Gasteiger partial charge is 0.480 e. The molecule has 1 unspecified atom stereocenters. The lowest BCUT2D eigenvalue weighted by Crippen LogP contribution is -2.49. The average Bonchev–Trinajstić information content (AvgIpc) is 2.42. The van der Waals surface area contributed by atoms with Gasteiger partial charge in [-0.1, -0.05) is 39.0 Å². The van der Waals surface area contributed by atoms with E-state index < -0.39 is 23.3 Å². The summed E-state index contributed by atoms with van der Waals surface area (Å²) >= 11 is 0. The third-order valence-corrected chi connectivity index (χ3v) is 3.28. The molecule has 1 aromatic carbocycles. The van der Waals surface area contributed by atoms with E-state index >= 15 is 0 Å². The highest BCUT2D eigenvalue weighted by atomic mass is 16.4. The molecule has 1 heterocycles. The van der Waals surface area contributed by atoms with E-state index in [0.29, 0.717) is 16.5 Å². The molecule has 21 heavy (non-hydrogen) atoms. The molecular formula is C16H18N2O3. The number of hydrogen-bond donors (Lipinski definition) is 2. The van der Waals surface area contributed by atoms with Gasteiger partial charge in [0.25, 0.3) is 5.91 Å². The second-order valence-corrected chi connectivity index (χ2v) is 5.99. The predicted octanol–water partition coefficient (Wildman–Crippen LogP) is 2.46. The standard InChI is InChI=1S/C16H18N2O3/c1-16(2,3)13(15(20)21)18-14(19)11-8-9-17-12-7-5-4-6-10(11)12/h4-9,13H,1-3H3,(H,18,19)(H,20,21). The molecule has 1 aromatic heterocycles. The quantitative estimate of drug-likeness (QED) is 0.908. The maximum absolute atomic E-state index is 12.4. The third kappa shape index (κ3) is 3.18. The van der Waals surface area contributed by atoms with Gasteiger partial charge in [0.15, 0.2) is 0 Å². The fourth-order valence-electron chi connectivity index (χ4n) is 2.15.